The number of piperazine rings is 1. The van der Waals surface area contributed by atoms with Crippen LogP contribution in [-0.4, -0.2) is 66.7 Å². The Labute approximate surface area is 137 Å². The van der Waals surface area contributed by atoms with Gasteiger partial charge in [0.1, 0.15) is 0 Å². The van der Waals surface area contributed by atoms with Gasteiger partial charge in [-0.15, -0.1) is 0 Å². The second kappa shape index (κ2) is 5.59. The predicted molar refractivity (Wildman–Crippen MR) is 84.8 cm³/mol. The van der Waals surface area contributed by atoms with Crippen molar-refractivity contribution in [3.63, 3.8) is 0 Å². The number of aliphatic hydroxyl groups excluding tert-OH is 1. The first kappa shape index (κ1) is 15.9. The molecular weight excluding hydrogens is 372 g/mol. The number of rotatable bonds is 3. The Balaban J connectivity index is 1.91. The summed E-state index contributed by atoms with van der Waals surface area (Å²) in [6.45, 7) is 0.0164. The molecule has 3 rings (SSSR count). The SMILES string of the molecule is CS(=O)(=O)N1CC(=O)N2[C@H](C1)[C@H](c1ccc(Br)cc1)[C@@H]2CO. The molecule has 0 saturated carbocycles. The molecule has 1 aromatic carbocycles. The Hall–Kier alpha value is -0.960. The van der Waals surface area contributed by atoms with Crippen LogP contribution in [0.4, 0.5) is 0 Å². The van der Waals surface area contributed by atoms with Crippen LogP contribution in [0.3, 0.4) is 0 Å². The number of carbonyl (C=O) groups is 1. The lowest BCUT2D eigenvalue weighted by Crippen LogP contribution is -2.73. The van der Waals surface area contributed by atoms with Gasteiger partial charge in [0.25, 0.3) is 0 Å². The molecule has 2 fully saturated rings. The summed E-state index contributed by atoms with van der Waals surface area (Å²) in [6.07, 6.45) is 1.12. The molecule has 0 aliphatic carbocycles. The molecule has 120 valence electrons. The van der Waals surface area contributed by atoms with Crippen molar-refractivity contribution in [2.45, 2.75) is 18.0 Å². The molecule has 2 aliphatic heterocycles. The van der Waals surface area contributed by atoms with E-state index in [1.807, 2.05) is 24.3 Å². The van der Waals surface area contributed by atoms with Crippen molar-refractivity contribution in [2.24, 2.45) is 0 Å². The fourth-order valence-electron chi connectivity index (χ4n) is 3.41. The lowest BCUT2D eigenvalue weighted by molar-refractivity contribution is -0.158. The normalized spacial score (nSPS) is 29.1. The van der Waals surface area contributed by atoms with E-state index in [9.17, 15) is 18.3 Å². The Kier molecular flexibility index (Phi) is 4.05. The number of fused-ring (bicyclic) bond motifs is 1. The summed E-state index contributed by atoms with van der Waals surface area (Å²) in [5.41, 5.74) is 1.01. The number of aliphatic hydroxyl groups is 1. The van der Waals surface area contributed by atoms with E-state index in [1.165, 1.54) is 4.31 Å². The molecule has 6 nitrogen and oxygen atoms in total. The zero-order valence-electron chi connectivity index (χ0n) is 12.0. The van der Waals surface area contributed by atoms with Crippen molar-refractivity contribution in [1.29, 1.82) is 0 Å². The molecule has 0 spiro atoms. The summed E-state index contributed by atoms with van der Waals surface area (Å²) in [4.78, 5) is 13.8. The van der Waals surface area contributed by atoms with E-state index in [1.54, 1.807) is 4.90 Å². The Morgan fingerprint density at radius 2 is 1.95 bits per heavy atom. The third kappa shape index (κ3) is 2.58. The Morgan fingerprint density at radius 3 is 2.50 bits per heavy atom. The zero-order valence-corrected chi connectivity index (χ0v) is 14.4. The Bertz CT molecular complexity index is 691. The maximum Gasteiger partial charge on any atom is 0.238 e. The van der Waals surface area contributed by atoms with E-state index in [4.69, 9.17) is 0 Å². The number of benzene rings is 1. The molecule has 2 heterocycles. The van der Waals surface area contributed by atoms with Gasteiger partial charge < -0.3 is 10.0 Å². The van der Waals surface area contributed by atoms with Crippen molar-refractivity contribution in [2.75, 3.05) is 26.0 Å². The Morgan fingerprint density at radius 1 is 1.32 bits per heavy atom. The molecule has 0 bridgehead atoms. The molecule has 8 heteroatoms. The first-order chi connectivity index (χ1) is 10.3. The number of hydrogen-bond donors (Lipinski definition) is 1. The second-order valence-corrected chi connectivity index (χ2v) is 8.65. The van der Waals surface area contributed by atoms with Gasteiger partial charge in [0.2, 0.25) is 15.9 Å². The molecular formula is C14H17BrN2O4S. The first-order valence-electron chi connectivity index (χ1n) is 6.95. The highest BCUT2D eigenvalue weighted by atomic mass is 79.9. The summed E-state index contributed by atoms with van der Waals surface area (Å²) in [5.74, 6) is -0.291. The number of sulfonamides is 1. The topological polar surface area (TPSA) is 77.9 Å². The second-order valence-electron chi connectivity index (χ2n) is 5.75. The van der Waals surface area contributed by atoms with Crippen LogP contribution in [0.5, 0.6) is 0 Å². The molecule has 22 heavy (non-hydrogen) atoms. The molecule has 0 radical (unpaired) electrons. The van der Waals surface area contributed by atoms with Gasteiger partial charge in [0.15, 0.2) is 0 Å². The molecule has 0 unspecified atom stereocenters. The summed E-state index contributed by atoms with van der Waals surface area (Å²) < 4.78 is 25.7. The van der Waals surface area contributed by atoms with E-state index in [0.29, 0.717) is 0 Å². The quantitative estimate of drug-likeness (QED) is 0.811. The number of nitrogens with zero attached hydrogens (tertiary/aromatic N) is 2. The maximum atomic E-state index is 12.2. The largest absolute Gasteiger partial charge is 0.394 e. The molecule has 1 aromatic rings. The predicted octanol–water partition coefficient (Wildman–Crippen LogP) is 0.380. The minimum absolute atomic E-state index is 0.0494. The van der Waals surface area contributed by atoms with Crippen molar-refractivity contribution in [1.82, 2.24) is 9.21 Å². The van der Waals surface area contributed by atoms with Gasteiger partial charge in [-0.25, -0.2) is 8.42 Å². The highest BCUT2D eigenvalue weighted by molar-refractivity contribution is 9.10. The first-order valence-corrected chi connectivity index (χ1v) is 9.59. The summed E-state index contributed by atoms with van der Waals surface area (Å²) >= 11 is 3.38. The third-order valence-corrected chi connectivity index (χ3v) is 6.19. The van der Waals surface area contributed by atoms with Crippen LogP contribution in [0.1, 0.15) is 11.5 Å². The van der Waals surface area contributed by atoms with Crippen LogP contribution < -0.4 is 0 Å². The van der Waals surface area contributed by atoms with E-state index in [2.05, 4.69) is 15.9 Å². The number of carbonyl (C=O) groups excluding carboxylic acids is 1. The van der Waals surface area contributed by atoms with Crippen molar-refractivity contribution < 1.29 is 18.3 Å². The molecule has 2 aliphatic rings. The van der Waals surface area contributed by atoms with E-state index in [0.717, 1.165) is 16.3 Å². The fourth-order valence-corrected chi connectivity index (χ4v) is 4.44. The van der Waals surface area contributed by atoms with Crippen LogP contribution in [0.2, 0.25) is 0 Å². The number of hydrogen-bond acceptors (Lipinski definition) is 4. The van der Waals surface area contributed by atoms with Gasteiger partial charge in [0.05, 0.1) is 31.5 Å². The minimum atomic E-state index is -3.40. The molecule has 0 aromatic heterocycles. The average molecular weight is 389 g/mol. The lowest BCUT2D eigenvalue weighted by Gasteiger charge is -2.58. The standard InChI is InChI=1S/C14H17BrN2O4S/c1-22(20,21)16-6-11-14(9-2-4-10(15)5-3-9)12(8-18)17(11)13(19)7-16/h2-5,11-12,14,18H,6-8H2,1H3/t11-,12+,14+/m1/s1. The third-order valence-electron chi connectivity index (χ3n) is 4.44. The van der Waals surface area contributed by atoms with Gasteiger partial charge in [-0.1, -0.05) is 28.1 Å². The van der Waals surface area contributed by atoms with Gasteiger partial charge in [0, 0.05) is 16.9 Å². The van der Waals surface area contributed by atoms with Crippen LogP contribution in [-0.2, 0) is 14.8 Å². The molecule has 3 atom stereocenters. The molecule has 2 saturated heterocycles. The monoisotopic (exact) mass is 388 g/mol. The highest BCUT2D eigenvalue weighted by Crippen LogP contribution is 2.43. The van der Waals surface area contributed by atoms with Crippen molar-refractivity contribution >= 4 is 31.9 Å². The summed E-state index contributed by atoms with van der Waals surface area (Å²) in [7, 11) is -3.40. The number of halogens is 1. The summed E-state index contributed by atoms with van der Waals surface area (Å²) in [5, 5.41) is 9.62. The van der Waals surface area contributed by atoms with Gasteiger partial charge >= 0.3 is 0 Å². The van der Waals surface area contributed by atoms with Crippen molar-refractivity contribution in [3.05, 3.63) is 34.3 Å². The van der Waals surface area contributed by atoms with Crippen LogP contribution in [0.25, 0.3) is 0 Å². The fraction of sp³-hybridized carbons (Fsp3) is 0.500. The number of amides is 1. The minimum Gasteiger partial charge on any atom is -0.394 e. The average Bonchev–Trinajstić information content (AvgIpc) is 2.42. The lowest BCUT2D eigenvalue weighted by atomic mass is 9.74. The van der Waals surface area contributed by atoms with E-state index < -0.39 is 10.0 Å². The maximum absolute atomic E-state index is 12.2. The van der Waals surface area contributed by atoms with Gasteiger partial charge in [-0.2, -0.15) is 4.31 Å². The van der Waals surface area contributed by atoms with Crippen LogP contribution >= 0.6 is 15.9 Å². The highest BCUT2D eigenvalue weighted by Gasteiger charge is 2.54. The zero-order chi connectivity index (χ0) is 16.1. The summed E-state index contributed by atoms with van der Waals surface area (Å²) in [6, 6.07) is 7.21. The molecule has 1 amide bonds. The van der Waals surface area contributed by atoms with E-state index in [-0.39, 0.29) is 43.6 Å². The van der Waals surface area contributed by atoms with Gasteiger partial charge in [-0.05, 0) is 17.7 Å². The van der Waals surface area contributed by atoms with Crippen LogP contribution in [0, 0.1) is 0 Å². The molecule has 1 N–H and O–H groups in total. The van der Waals surface area contributed by atoms with Gasteiger partial charge in [-0.3, -0.25) is 4.79 Å². The van der Waals surface area contributed by atoms with Crippen molar-refractivity contribution in [3.8, 4) is 0 Å². The smallest absolute Gasteiger partial charge is 0.238 e. The van der Waals surface area contributed by atoms with Crippen LogP contribution in [0.15, 0.2) is 28.7 Å². The van der Waals surface area contributed by atoms with E-state index >= 15 is 0 Å².